The van der Waals surface area contributed by atoms with E-state index in [4.69, 9.17) is 4.74 Å². The first kappa shape index (κ1) is 28.9. The molecular formula is C37H40N2O4. The zero-order valence-electron chi connectivity index (χ0n) is 25.6. The predicted octanol–water partition coefficient (Wildman–Crippen LogP) is 7.02. The summed E-state index contributed by atoms with van der Waals surface area (Å²) in [5.74, 6) is -0.753. The molecule has 222 valence electrons. The lowest BCUT2D eigenvalue weighted by atomic mass is 9.63. The summed E-state index contributed by atoms with van der Waals surface area (Å²) < 4.78 is 5.50. The number of ether oxygens (including phenoxy) is 1. The minimum Gasteiger partial charge on any atom is -0.497 e. The third-order valence-electron chi connectivity index (χ3n) is 9.44. The lowest BCUT2D eigenvalue weighted by Gasteiger charge is -2.38. The third kappa shape index (κ3) is 4.50. The van der Waals surface area contributed by atoms with Gasteiger partial charge in [-0.1, -0.05) is 95.2 Å². The van der Waals surface area contributed by atoms with Gasteiger partial charge in [0.2, 0.25) is 5.91 Å². The van der Waals surface area contributed by atoms with E-state index in [1.165, 1.54) is 5.56 Å². The van der Waals surface area contributed by atoms with Crippen LogP contribution in [0.15, 0.2) is 72.8 Å². The molecule has 3 aromatic carbocycles. The highest BCUT2D eigenvalue weighted by molar-refractivity contribution is 6.17. The Labute approximate surface area is 254 Å². The van der Waals surface area contributed by atoms with Crippen LogP contribution >= 0.6 is 0 Å². The fourth-order valence-electron chi connectivity index (χ4n) is 7.32. The molecule has 0 aliphatic carbocycles. The number of nitrogens with one attached hydrogen (secondary N) is 1. The lowest BCUT2D eigenvalue weighted by molar-refractivity contribution is -0.128. The van der Waals surface area contributed by atoms with Crippen LogP contribution in [-0.2, 0) is 21.4 Å². The number of Topliss-reactive ketones (excluding diaryl/α,β-unsaturated/α-hetero) is 2. The number of aryl methyl sites for hydroxylation is 1. The molecule has 6 heteroatoms. The van der Waals surface area contributed by atoms with Gasteiger partial charge in [-0.2, -0.15) is 0 Å². The van der Waals surface area contributed by atoms with Gasteiger partial charge in [-0.05, 0) is 48.2 Å². The van der Waals surface area contributed by atoms with E-state index in [1.54, 1.807) is 7.11 Å². The van der Waals surface area contributed by atoms with Gasteiger partial charge in [0, 0.05) is 27.9 Å². The minimum absolute atomic E-state index is 0.0711. The average molecular weight is 577 g/mol. The molecule has 4 atom stereocenters. The molecule has 3 aliphatic heterocycles. The molecule has 1 fully saturated rings. The summed E-state index contributed by atoms with van der Waals surface area (Å²) in [5.41, 5.74) is 2.79. The van der Waals surface area contributed by atoms with E-state index in [1.807, 2.05) is 105 Å². The highest BCUT2D eigenvalue weighted by atomic mass is 16.5. The van der Waals surface area contributed by atoms with Crippen LogP contribution < -0.4 is 15.0 Å². The number of para-hydroxylation sites is 1. The average Bonchev–Trinajstić information content (AvgIpc) is 3.48. The zero-order chi connectivity index (χ0) is 30.5. The Bertz CT molecular complexity index is 1620. The van der Waals surface area contributed by atoms with Crippen LogP contribution in [0.25, 0.3) is 6.08 Å². The number of amides is 1. The molecule has 6 nitrogen and oxygen atoms in total. The SMILES string of the molecule is CCCCCc1ccc(C(=O)[C@@H]2[C@H](C(=O)C(C)(C)C)N3c4ccc(OC)cc4C=C[C@@H]3[C@@]23C(=O)Nc2ccccc23)cc1. The fourth-order valence-corrected chi connectivity index (χ4v) is 7.32. The molecule has 43 heavy (non-hydrogen) atoms. The number of ketones is 2. The van der Waals surface area contributed by atoms with Crippen molar-refractivity contribution in [2.24, 2.45) is 11.3 Å². The van der Waals surface area contributed by atoms with Gasteiger partial charge in [0.15, 0.2) is 11.6 Å². The van der Waals surface area contributed by atoms with Crippen molar-refractivity contribution in [3.8, 4) is 5.75 Å². The fraction of sp³-hybridized carbons (Fsp3) is 0.378. The summed E-state index contributed by atoms with van der Waals surface area (Å²) in [6, 6.07) is 19.7. The second kappa shape index (κ2) is 10.8. The first-order chi connectivity index (χ1) is 20.6. The summed E-state index contributed by atoms with van der Waals surface area (Å²) in [6.45, 7) is 7.85. The van der Waals surface area contributed by atoms with Gasteiger partial charge in [-0.15, -0.1) is 0 Å². The van der Waals surface area contributed by atoms with Crippen molar-refractivity contribution in [1.82, 2.24) is 0 Å². The Morgan fingerprint density at radius 2 is 1.74 bits per heavy atom. The Morgan fingerprint density at radius 3 is 2.44 bits per heavy atom. The van der Waals surface area contributed by atoms with Crippen molar-refractivity contribution in [2.75, 3.05) is 17.3 Å². The number of carbonyl (C=O) groups is 3. The van der Waals surface area contributed by atoms with E-state index >= 15 is 0 Å². The molecule has 0 aromatic heterocycles. The van der Waals surface area contributed by atoms with Gasteiger partial charge >= 0.3 is 0 Å². The summed E-state index contributed by atoms with van der Waals surface area (Å²) in [6.07, 6.45) is 8.35. The van der Waals surface area contributed by atoms with Crippen molar-refractivity contribution in [3.05, 3.63) is 95.1 Å². The van der Waals surface area contributed by atoms with E-state index in [-0.39, 0.29) is 17.5 Å². The summed E-state index contributed by atoms with van der Waals surface area (Å²) in [5, 5.41) is 3.09. The van der Waals surface area contributed by atoms with E-state index in [9.17, 15) is 14.4 Å². The topological polar surface area (TPSA) is 75.7 Å². The number of hydrogen-bond donors (Lipinski definition) is 1. The second-order valence-electron chi connectivity index (χ2n) is 13.1. The van der Waals surface area contributed by atoms with Gasteiger partial charge in [0.1, 0.15) is 17.2 Å². The molecule has 1 amide bonds. The number of methoxy groups -OCH3 is 1. The molecule has 1 N–H and O–H groups in total. The Hall–Kier alpha value is -4.19. The lowest BCUT2D eigenvalue weighted by Crippen LogP contribution is -2.51. The van der Waals surface area contributed by atoms with Crippen LogP contribution in [0.2, 0.25) is 0 Å². The first-order valence-electron chi connectivity index (χ1n) is 15.4. The maximum absolute atomic E-state index is 14.9. The number of rotatable bonds is 8. The number of benzene rings is 3. The van der Waals surface area contributed by atoms with E-state index < -0.39 is 28.8 Å². The van der Waals surface area contributed by atoms with Crippen LogP contribution in [-0.4, -0.2) is 36.7 Å². The highest BCUT2D eigenvalue weighted by Crippen LogP contribution is 2.58. The molecule has 0 saturated carbocycles. The number of hydrogen-bond acceptors (Lipinski definition) is 5. The number of fused-ring (bicyclic) bond motifs is 6. The molecule has 3 heterocycles. The smallest absolute Gasteiger partial charge is 0.238 e. The largest absolute Gasteiger partial charge is 0.497 e. The standard InChI is InChI=1S/C37H40N2O4/c1-6-7-8-11-23-14-16-24(17-15-23)33(40)31-32(34(41)36(2,3)4)39-29-20-19-26(43-5)22-25(29)18-21-30(39)37(31)27-12-9-10-13-28(27)38-35(37)42/h9-10,12-22,30-32H,6-8,11H2,1-5H3,(H,38,42)/t30-,31+,32-,37-/m1/s1. The Balaban J connectivity index is 1.57. The monoisotopic (exact) mass is 576 g/mol. The van der Waals surface area contributed by atoms with Gasteiger partial charge in [-0.25, -0.2) is 0 Å². The molecule has 0 bridgehead atoms. The maximum Gasteiger partial charge on any atom is 0.238 e. The van der Waals surface area contributed by atoms with Gasteiger partial charge in [0.05, 0.1) is 19.1 Å². The molecule has 3 aromatic rings. The molecule has 1 spiro atoms. The van der Waals surface area contributed by atoms with Crippen molar-refractivity contribution in [2.45, 2.75) is 70.9 Å². The van der Waals surface area contributed by atoms with Crippen molar-refractivity contribution >= 4 is 34.9 Å². The normalized spacial score (nSPS) is 23.5. The van der Waals surface area contributed by atoms with E-state index in [0.717, 1.165) is 42.5 Å². The Kier molecular flexibility index (Phi) is 7.27. The number of unbranched alkanes of at least 4 members (excludes halogenated alkanes) is 2. The molecular weight excluding hydrogens is 536 g/mol. The molecule has 0 unspecified atom stereocenters. The van der Waals surface area contributed by atoms with Crippen LogP contribution in [0.5, 0.6) is 5.75 Å². The van der Waals surface area contributed by atoms with Gasteiger partial charge in [-0.3, -0.25) is 14.4 Å². The zero-order valence-corrected chi connectivity index (χ0v) is 25.6. The summed E-state index contributed by atoms with van der Waals surface area (Å²) in [4.78, 5) is 46.0. The Morgan fingerprint density at radius 1 is 1.00 bits per heavy atom. The van der Waals surface area contributed by atoms with E-state index in [0.29, 0.717) is 17.0 Å². The van der Waals surface area contributed by atoms with E-state index in [2.05, 4.69) is 12.2 Å². The number of carbonyl (C=O) groups excluding carboxylic acids is 3. The van der Waals surface area contributed by atoms with Crippen molar-refractivity contribution in [3.63, 3.8) is 0 Å². The summed E-state index contributed by atoms with van der Waals surface area (Å²) >= 11 is 0. The molecule has 3 aliphatic rings. The highest BCUT2D eigenvalue weighted by Gasteiger charge is 2.70. The number of anilines is 2. The quantitative estimate of drug-likeness (QED) is 0.231. The summed E-state index contributed by atoms with van der Waals surface area (Å²) in [7, 11) is 1.62. The number of nitrogens with zero attached hydrogens (tertiary/aromatic N) is 1. The van der Waals surface area contributed by atoms with Crippen LogP contribution in [0.4, 0.5) is 11.4 Å². The van der Waals surface area contributed by atoms with Gasteiger partial charge < -0.3 is 15.0 Å². The van der Waals surface area contributed by atoms with Crippen molar-refractivity contribution in [1.29, 1.82) is 0 Å². The molecule has 0 radical (unpaired) electrons. The minimum atomic E-state index is -1.30. The molecule has 1 saturated heterocycles. The van der Waals surface area contributed by atoms with Crippen LogP contribution in [0, 0.1) is 11.3 Å². The van der Waals surface area contributed by atoms with Crippen LogP contribution in [0.3, 0.4) is 0 Å². The second-order valence-corrected chi connectivity index (χ2v) is 13.1. The molecule has 6 rings (SSSR count). The van der Waals surface area contributed by atoms with Gasteiger partial charge in [0.25, 0.3) is 0 Å². The van der Waals surface area contributed by atoms with Crippen molar-refractivity contribution < 1.29 is 19.1 Å². The maximum atomic E-state index is 14.9. The predicted molar refractivity (Wildman–Crippen MR) is 171 cm³/mol. The first-order valence-corrected chi connectivity index (χ1v) is 15.4. The third-order valence-corrected chi connectivity index (χ3v) is 9.44. The van der Waals surface area contributed by atoms with Crippen LogP contribution in [0.1, 0.15) is 74.0 Å².